The first-order valence-corrected chi connectivity index (χ1v) is 9.48. The van der Waals surface area contributed by atoms with E-state index >= 15 is 0 Å². The highest BCUT2D eigenvalue weighted by Crippen LogP contribution is 2.16. The summed E-state index contributed by atoms with van der Waals surface area (Å²) >= 11 is 0. The van der Waals surface area contributed by atoms with Crippen LogP contribution in [0.25, 0.3) is 0 Å². The summed E-state index contributed by atoms with van der Waals surface area (Å²) in [7, 11) is 0. The van der Waals surface area contributed by atoms with E-state index in [1.165, 1.54) is 31.4 Å². The molecule has 0 saturated carbocycles. The molecule has 0 saturated heterocycles. The molecule has 2 N–H and O–H groups in total. The Labute approximate surface area is 160 Å². The molecule has 0 bridgehead atoms. The van der Waals surface area contributed by atoms with Gasteiger partial charge in [0.15, 0.2) is 5.75 Å². The number of rotatable bonds is 14. The van der Waals surface area contributed by atoms with E-state index in [-0.39, 0.29) is 23.7 Å². The van der Waals surface area contributed by atoms with Crippen LogP contribution in [0, 0.1) is 0 Å². The molecule has 7 nitrogen and oxygen atoms in total. The second-order valence-corrected chi connectivity index (χ2v) is 6.30. The molecule has 0 heterocycles. The number of hydroxylamine groups is 1. The number of para-hydroxylation sites is 1. The van der Waals surface area contributed by atoms with Gasteiger partial charge in [-0.05, 0) is 31.4 Å². The molecular weight excluding hydrogens is 350 g/mol. The third-order valence-corrected chi connectivity index (χ3v) is 4.00. The van der Waals surface area contributed by atoms with E-state index in [0.717, 1.165) is 12.8 Å². The van der Waals surface area contributed by atoms with E-state index in [2.05, 4.69) is 6.92 Å². The Balaban J connectivity index is 2.09. The number of carboxylic acids is 1. The number of carboxylic acid groups (broad SMARTS) is 1. The highest BCUT2D eigenvalue weighted by Gasteiger charge is 2.12. The van der Waals surface area contributed by atoms with Crippen LogP contribution in [-0.2, 0) is 9.53 Å². The Bertz CT molecular complexity index is 602. The summed E-state index contributed by atoms with van der Waals surface area (Å²) in [6.45, 7) is 2.33. The number of hydrogen-bond donors (Lipinski definition) is 2. The van der Waals surface area contributed by atoms with Gasteiger partial charge in [0.25, 0.3) is 0 Å². The van der Waals surface area contributed by atoms with E-state index < -0.39 is 12.1 Å². The lowest BCUT2D eigenvalue weighted by Gasteiger charge is -2.09. The molecule has 0 radical (unpaired) electrons. The first-order chi connectivity index (χ1) is 13.0. The Morgan fingerprint density at radius 2 is 1.63 bits per heavy atom. The number of nitrogens with one attached hydrogen (secondary N) is 1. The highest BCUT2D eigenvalue weighted by atomic mass is 16.7. The monoisotopic (exact) mass is 379 g/mol. The van der Waals surface area contributed by atoms with Gasteiger partial charge in [-0.2, -0.15) is 5.48 Å². The minimum atomic E-state index is -1.16. The maximum absolute atomic E-state index is 11.7. The Hall–Kier alpha value is -2.57. The van der Waals surface area contributed by atoms with Gasteiger partial charge in [-0.3, -0.25) is 4.79 Å². The summed E-state index contributed by atoms with van der Waals surface area (Å²) < 4.78 is 4.94. The molecule has 0 aliphatic heterocycles. The highest BCUT2D eigenvalue weighted by molar-refractivity contribution is 5.90. The predicted molar refractivity (Wildman–Crippen MR) is 101 cm³/mol. The Morgan fingerprint density at radius 1 is 0.963 bits per heavy atom. The van der Waals surface area contributed by atoms with Crippen molar-refractivity contribution in [1.29, 1.82) is 0 Å². The minimum absolute atomic E-state index is 0.0199. The molecule has 1 rings (SSSR count). The summed E-state index contributed by atoms with van der Waals surface area (Å²) in [5.41, 5.74) is 1.98. The smallest absolute Gasteiger partial charge is 0.440 e. The molecule has 1 amide bonds. The second-order valence-electron chi connectivity index (χ2n) is 6.30. The Kier molecular flexibility index (Phi) is 11.3. The van der Waals surface area contributed by atoms with Gasteiger partial charge < -0.3 is 14.7 Å². The van der Waals surface area contributed by atoms with Crippen LogP contribution in [0.2, 0.25) is 0 Å². The molecule has 0 aromatic heterocycles. The Morgan fingerprint density at radius 3 is 2.33 bits per heavy atom. The van der Waals surface area contributed by atoms with Crippen LogP contribution in [0.1, 0.15) is 75.1 Å². The van der Waals surface area contributed by atoms with Gasteiger partial charge in [0.2, 0.25) is 0 Å². The number of aromatic carboxylic acids is 1. The van der Waals surface area contributed by atoms with Crippen LogP contribution < -0.4 is 10.3 Å². The maximum atomic E-state index is 11.7. The minimum Gasteiger partial charge on any atom is -0.478 e. The zero-order chi connectivity index (χ0) is 19.9. The summed E-state index contributed by atoms with van der Waals surface area (Å²) in [4.78, 5) is 39.3. The zero-order valence-electron chi connectivity index (χ0n) is 15.9. The summed E-state index contributed by atoms with van der Waals surface area (Å²) in [5.74, 6) is -0.883. The van der Waals surface area contributed by atoms with E-state index in [0.29, 0.717) is 25.7 Å². The summed E-state index contributed by atoms with van der Waals surface area (Å²) in [6.07, 6.45) is 7.23. The van der Waals surface area contributed by atoms with Gasteiger partial charge in [-0.25, -0.2) is 9.59 Å². The van der Waals surface area contributed by atoms with Gasteiger partial charge in [0.1, 0.15) is 11.3 Å². The number of hydrogen-bond acceptors (Lipinski definition) is 5. The van der Waals surface area contributed by atoms with Crippen molar-refractivity contribution in [3.63, 3.8) is 0 Å². The van der Waals surface area contributed by atoms with Crippen molar-refractivity contribution in [2.45, 2.75) is 64.7 Å². The van der Waals surface area contributed by atoms with Crippen molar-refractivity contribution < 1.29 is 29.1 Å². The molecule has 0 unspecified atom stereocenters. The van der Waals surface area contributed by atoms with E-state index in [1.54, 1.807) is 12.1 Å². The topological polar surface area (TPSA) is 102 Å². The van der Waals surface area contributed by atoms with Crippen molar-refractivity contribution in [3.8, 4) is 5.75 Å². The molecule has 1 aromatic carbocycles. The van der Waals surface area contributed by atoms with Crippen LogP contribution in [0.5, 0.6) is 5.75 Å². The van der Waals surface area contributed by atoms with Gasteiger partial charge in [0.05, 0.1) is 6.61 Å². The standard InChI is InChI=1S/C20H29NO6/c1-2-3-4-5-6-11-16(22)12-9-10-15-26-20(25)21-27-18-14-8-7-13-17(18)19(23)24/h7-8,13-14H,2-6,9-12,15H2,1H3,(H,21,25)(H,23,24). The third kappa shape index (κ3) is 10.2. The number of amides is 1. The molecule has 150 valence electrons. The number of carbonyl (C=O) groups excluding carboxylic acids is 2. The quantitative estimate of drug-likeness (QED) is 0.364. The van der Waals surface area contributed by atoms with Gasteiger partial charge in [0, 0.05) is 12.8 Å². The van der Waals surface area contributed by atoms with Gasteiger partial charge in [-0.1, -0.05) is 44.7 Å². The zero-order valence-corrected chi connectivity index (χ0v) is 15.9. The average Bonchev–Trinajstić information content (AvgIpc) is 2.66. The molecule has 0 aliphatic rings. The number of ether oxygens (including phenoxy) is 1. The molecule has 0 atom stereocenters. The van der Waals surface area contributed by atoms with Crippen molar-refractivity contribution in [3.05, 3.63) is 29.8 Å². The largest absolute Gasteiger partial charge is 0.478 e. The first-order valence-electron chi connectivity index (χ1n) is 9.48. The normalized spacial score (nSPS) is 10.3. The van der Waals surface area contributed by atoms with Crippen molar-refractivity contribution in [1.82, 2.24) is 5.48 Å². The molecule has 0 spiro atoms. The molecule has 0 fully saturated rings. The summed E-state index contributed by atoms with van der Waals surface area (Å²) in [6, 6.07) is 5.94. The predicted octanol–water partition coefficient (Wildman–Crippen LogP) is 4.50. The third-order valence-electron chi connectivity index (χ3n) is 4.00. The van der Waals surface area contributed by atoms with Crippen LogP contribution in [0.3, 0.4) is 0 Å². The number of Topliss-reactive ketones (excluding diaryl/α,β-unsaturated/α-hetero) is 1. The van der Waals surface area contributed by atoms with Gasteiger partial charge >= 0.3 is 12.1 Å². The maximum Gasteiger partial charge on any atom is 0.440 e. The van der Waals surface area contributed by atoms with Crippen LogP contribution >= 0.6 is 0 Å². The fraction of sp³-hybridized carbons (Fsp3) is 0.550. The number of carbonyl (C=O) groups is 3. The fourth-order valence-electron chi connectivity index (χ4n) is 2.50. The number of ketones is 1. The first kappa shape index (κ1) is 22.5. The molecule has 1 aromatic rings. The van der Waals surface area contributed by atoms with E-state index in [4.69, 9.17) is 14.7 Å². The lowest BCUT2D eigenvalue weighted by Crippen LogP contribution is -2.28. The van der Waals surface area contributed by atoms with E-state index in [1.807, 2.05) is 5.48 Å². The lowest BCUT2D eigenvalue weighted by atomic mass is 10.1. The average molecular weight is 379 g/mol. The van der Waals surface area contributed by atoms with Crippen molar-refractivity contribution in [2.75, 3.05) is 6.61 Å². The molecular formula is C20H29NO6. The molecule has 0 aliphatic carbocycles. The molecule has 27 heavy (non-hydrogen) atoms. The van der Waals surface area contributed by atoms with Crippen LogP contribution in [-0.4, -0.2) is 29.6 Å². The second kappa shape index (κ2) is 13.6. The van der Waals surface area contributed by atoms with Crippen molar-refractivity contribution >= 4 is 17.8 Å². The summed E-state index contributed by atoms with van der Waals surface area (Å²) in [5, 5.41) is 9.02. The number of unbranched alkanes of at least 4 members (excludes halogenated alkanes) is 5. The van der Waals surface area contributed by atoms with Crippen LogP contribution in [0.15, 0.2) is 24.3 Å². The van der Waals surface area contributed by atoms with Gasteiger partial charge in [-0.15, -0.1) is 0 Å². The lowest BCUT2D eigenvalue weighted by molar-refractivity contribution is -0.119. The van der Waals surface area contributed by atoms with E-state index in [9.17, 15) is 14.4 Å². The van der Waals surface area contributed by atoms with Crippen LogP contribution in [0.4, 0.5) is 4.79 Å². The number of benzene rings is 1. The van der Waals surface area contributed by atoms with Crippen molar-refractivity contribution in [2.24, 2.45) is 0 Å². The fourth-order valence-corrected chi connectivity index (χ4v) is 2.50. The SMILES string of the molecule is CCCCCCCC(=O)CCCCOC(=O)NOc1ccccc1C(=O)O. The molecule has 7 heteroatoms.